The molecular weight excluding hydrogens is 208 g/mol. The van der Waals surface area contributed by atoms with Gasteiger partial charge in [0.25, 0.3) is 0 Å². The number of carbonyl (C=O) groups is 1. The van der Waals surface area contributed by atoms with E-state index in [1.807, 2.05) is 0 Å². The number of fused-ring (bicyclic) bond motifs is 1. The van der Waals surface area contributed by atoms with Gasteiger partial charge in [-0.1, -0.05) is 0 Å². The SMILES string of the molecule is O=C(O)c1nc2ccc(O)cc2n1C1CC1. The largest absolute Gasteiger partial charge is 0.508 e. The van der Waals surface area contributed by atoms with Crippen LogP contribution >= 0.6 is 0 Å². The molecular formula is C11H10N2O3. The second-order valence-corrected chi connectivity index (χ2v) is 4.01. The fraction of sp³-hybridized carbons (Fsp3) is 0.273. The summed E-state index contributed by atoms with van der Waals surface area (Å²) in [4.78, 5) is 15.1. The summed E-state index contributed by atoms with van der Waals surface area (Å²) in [6.07, 6.45) is 1.95. The van der Waals surface area contributed by atoms with Gasteiger partial charge >= 0.3 is 5.97 Å². The smallest absolute Gasteiger partial charge is 0.372 e. The lowest BCUT2D eigenvalue weighted by Gasteiger charge is -2.03. The van der Waals surface area contributed by atoms with Crippen molar-refractivity contribution < 1.29 is 15.0 Å². The number of carboxylic acid groups (broad SMARTS) is 1. The standard InChI is InChI=1S/C11H10N2O3/c14-7-3-4-8-9(5-7)13(6-1-2-6)10(12-8)11(15)16/h3-6,14H,1-2H2,(H,15,16). The normalized spacial score (nSPS) is 15.5. The van der Waals surface area contributed by atoms with E-state index < -0.39 is 5.97 Å². The van der Waals surface area contributed by atoms with Crippen LogP contribution in [0.3, 0.4) is 0 Å². The van der Waals surface area contributed by atoms with Gasteiger partial charge in [0, 0.05) is 12.1 Å². The first-order valence-corrected chi connectivity index (χ1v) is 5.11. The lowest BCUT2D eigenvalue weighted by atomic mass is 10.3. The lowest BCUT2D eigenvalue weighted by molar-refractivity contribution is 0.0678. The van der Waals surface area contributed by atoms with Crippen LogP contribution in [0.1, 0.15) is 29.5 Å². The van der Waals surface area contributed by atoms with Gasteiger partial charge in [-0.3, -0.25) is 0 Å². The molecule has 0 unspecified atom stereocenters. The van der Waals surface area contributed by atoms with E-state index in [-0.39, 0.29) is 17.6 Å². The van der Waals surface area contributed by atoms with Gasteiger partial charge < -0.3 is 14.8 Å². The number of carboxylic acids is 1. The first-order valence-electron chi connectivity index (χ1n) is 5.11. The number of nitrogens with zero attached hydrogens (tertiary/aromatic N) is 2. The Labute approximate surface area is 91.0 Å². The predicted molar refractivity (Wildman–Crippen MR) is 56.6 cm³/mol. The van der Waals surface area contributed by atoms with E-state index in [0.29, 0.717) is 11.0 Å². The van der Waals surface area contributed by atoms with Crippen molar-refractivity contribution >= 4 is 17.0 Å². The second kappa shape index (κ2) is 2.98. The molecule has 1 aromatic heterocycles. The van der Waals surface area contributed by atoms with Crippen LogP contribution in [-0.2, 0) is 0 Å². The molecule has 16 heavy (non-hydrogen) atoms. The lowest BCUT2D eigenvalue weighted by Crippen LogP contribution is -2.08. The molecule has 0 atom stereocenters. The van der Waals surface area contributed by atoms with Crippen LogP contribution in [0.4, 0.5) is 0 Å². The highest BCUT2D eigenvalue weighted by atomic mass is 16.4. The molecule has 5 nitrogen and oxygen atoms in total. The zero-order valence-corrected chi connectivity index (χ0v) is 8.42. The summed E-state index contributed by atoms with van der Waals surface area (Å²) in [7, 11) is 0. The summed E-state index contributed by atoms with van der Waals surface area (Å²) in [5.41, 5.74) is 1.31. The zero-order chi connectivity index (χ0) is 11.3. The molecule has 5 heteroatoms. The van der Waals surface area contributed by atoms with Crippen LogP contribution in [0.15, 0.2) is 18.2 Å². The molecule has 3 rings (SSSR count). The molecule has 1 fully saturated rings. The van der Waals surface area contributed by atoms with Crippen molar-refractivity contribution in [2.75, 3.05) is 0 Å². The first-order chi connectivity index (χ1) is 7.66. The number of imidazole rings is 1. The Bertz CT molecular complexity index is 584. The molecule has 1 aromatic carbocycles. The van der Waals surface area contributed by atoms with Crippen LogP contribution < -0.4 is 0 Å². The van der Waals surface area contributed by atoms with Crippen molar-refractivity contribution in [2.24, 2.45) is 0 Å². The molecule has 0 spiro atoms. The quantitative estimate of drug-likeness (QED) is 0.805. The molecule has 0 aliphatic heterocycles. The summed E-state index contributed by atoms with van der Waals surface area (Å²) in [5.74, 6) is -0.836. The molecule has 0 radical (unpaired) electrons. The van der Waals surface area contributed by atoms with Crippen LogP contribution in [0.5, 0.6) is 5.75 Å². The molecule has 0 bridgehead atoms. The highest BCUT2D eigenvalue weighted by molar-refractivity contribution is 5.90. The Morgan fingerprint density at radius 2 is 2.19 bits per heavy atom. The molecule has 0 amide bonds. The molecule has 1 saturated carbocycles. The second-order valence-electron chi connectivity index (χ2n) is 4.01. The Hall–Kier alpha value is -2.04. The Balaban J connectivity index is 2.33. The average molecular weight is 218 g/mol. The fourth-order valence-corrected chi connectivity index (χ4v) is 1.93. The van der Waals surface area contributed by atoms with E-state index in [0.717, 1.165) is 12.8 Å². The molecule has 2 aromatic rings. The molecule has 2 N–H and O–H groups in total. The van der Waals surface area contributed by atoms with Crippen LogP contribution in [0.25, 0.3) is 11.0 Å². The average Bonchev–Trinajstić information content (AvgIpc) is 2.99. The van der Waals surface area contributed by atoms with Gasteiger partial charge in [0.2, 0.25) is 5.82 Å². The summed E-state index contributed by atoms with van der Waals surface area (Å²) >= 11 is 0. The van der Waals surface area contributed by atoms with Gasteiger partial charge in [0.1, 0.15) is 5.75 Å². The number of benzene rings is 1. The van der Waals surface area contributed by atoms with E-state index >= 15 is 0 Å². The molecule has 82 valence electrons. The Morgan fingerprint density at radius 1 is 1.44 bits per heavy atom. The molecule has 0 saturated heterocycles. The third kappa shape index (κ3) is 1.25. The van der Waals surface area contributed by atoms with Gasteiger partial charge in [-0.15, -0.1) is 0 Å². The van der Waals surface area contributed by atoms with Crippen molar-refractivity contribution in [1.82, 2.24) is 9.55 Å². The third-order valence-electron chi connectivity index (χ3n) is 2.78. The molecule has 1 heterocycles. The van der Waals surface area contributed by atoms with Crippen molar-refractivity contribution in [3.8, 4) is 5.75 Å². The highest BCUT2D eigenvalue weighted by Crippen LogP contribution is 2.39. The number of aromatic hydroxyl groups is 1. The van der Waals surface area contributed by atoms with E-state index in [9.17, 15) is 9.90 Å². The minimum atomic E-state index is -1.03. The maximum atomic E-state index is 11.1. The van der Waals surface area contributed by atoms with Gasteiger partial charge in [0.15, 0.2) is 0 Å². The predicted octanol–water partition coefficient (Wildman–Crippen LogP) is 1.77. The van der Waals surface area contributed by atoms with Gasteiger partial charge in [0.05, 0.1) is 11.0 Å². The van der Waals surface area contributed by atoms with Gasteiger partial charge in [-0.25, -0.2) is 9.78 Å². The summed E-state index contributed by atoms with van der Waals surface area (Å²) < 4.78 is 1.71. The number of hydrogen-bond acceptors (Lipinski definition) is 3. The monoisotopic (exact) mass is 218 g/mol. The molecule has 1 aliphatic carbocycles. The number of phenols is 1. The maximum Gasteiger partial charge on any atom is 0.372 e. The summed E-state index contributed by atoms with van der Waals surface area (Å²) in [6.45, 7) is 0. The number of rotatable bonds is 2. The third-order valence-corrected chi connectivity index (χ3v) is 2.78. The zero-order valence-electron chi connectivity index (χ0n) is 8.42. The fourth-order valence-electron chi connectivity index (χ4n) is 1.93. The van der Waals surface area contributed by atoms with Crippen molar-refractivity contribution in [2.45, 2.75) is 18.9 Å². The minimum absolute atomic E-state index is 0.0584. The first kappa shape index (κ1) is 9.21. The number of hydrogen-bond donors (Lipinski definition) is 2. The Morgan fingerprint density at radius 3 is 2.81 bits per heavy atom. The summed E-state index contributed by atoms with van der Waals surface area (Å²) in [6, 6.07) is 4.93. The van der Waals surface area contributed by atoms with Crippen LogP contribution in [0, 0.1) is 0 Å². The highest BCUT2D eigenvalue weighted by Gasteiger charge is 2.30. The maximum absolute atomic E-state index is 11.1. The van der Waals surface area contributed by atoms with E-state index in [4.69, 9.17) is 5.11 Å². The van der Waals surface area contributed by atoms with Crippen molar-refractivity contribution in [3.05, 3.63) is 24.0 Å². The van der Waals surface area contributed by atoms with Crippen LogP contribution in [-0.4, -0.2) is 25.7 Å². The Kier molecular flexibility index (Phi) is 1.71. The summed E-state index contributed by atoms with van der Waals surface area (Å²) in [5, 5.41) is 18.5. The van der Waals surface area contributed by atoms with Gasteiger partial charge in [-0.2, -0.15) is 0 Å². The van der Waals surface area contributed by atoms with Gasteiger partial charge in [-0.05, 0) is 25.0 Å². The topological polar surface area (TPSA) is 75.3 Å². The molecule has 1 aliphatic rings. The van der Waals surface area contributed by atoms with Crippen LogP contribution in [0.2, 0.25) is 0 Å². The van der Waals surface area contributed by atoms with Crippen molar-refractivity contribution in [1.29, 1.82) is 0 Å². The van der Waals surface area contributed by atoms with Crippen molar-refractivity contribution in [3.63, 3.8) is 0 Å². The number of aromatic carboxylic acids is 1. The number of aromatic nitrogens is 2. The minimum Gasteiger partial charge on any atom is -0.508 e. The number of phenolic OH excluding ortho intramolecular Hbond substituents is 1. The van der Waals surface area contributed by atoms with E-state index in [1.165, 1.54) is 6.07 Å². The van der Waals surface area contributed by atoms with E-state index in [1.54, 1.807) is 16.7 Å². The van der Waals surface area contributed by atoms with E-state index in [2.05, 4.69) is 4.98 Å².